The van der Waals surface area contributed by atoms with E-state index in [9.17, 15) is 18.5 Å². The minimum absolute atomic E-state index is 0.0598. The minimum atomic E-state index is -3.97. The van der Waals surface area contributed by atoms with Crippen molar-refractivity contribution in [2.75, 3.05) is 19.7 Å². The van der Waals surface area contributed by atoms with Crippen LogP contribution in [0.25, 0.3) is 0 Å². The van der Waals surface area contributed by atoms with Crippen LogP contribution in [0.1, 0.15) is 44.2 Å². The highest BCUT2D eigenvalue weighted by Gasteiger charge is 2.35. The van der Waals surface area contributed by atoms with Gasteiger partial charge in [0.25, 0.3) is 9.05 Å². The largest absolute Gasteiger partial charge is 0.492 e. The standard InChI is InChI=1S/C24H26Cl2N2O5S/c1-24(2,3)33-23(29)28-11-10-21(16-4-6-19(25)7-5-16)18(14-28)15-32-22-9-8-20(34(26,30)31)12-17(22)13-27/h4-9,12,18,21H,10-11,14-15H2,1-3H3/t18-,21-/m1/s1. The first-order valence-corrected chi connectivity index (χ1v) is 13.4. The van der Waals surface area contributed by atoms with Crippen LogP contribution in [0.2, 0.25) is 5.02 Å². The van der Waals surface area contributed by atoms with Crippen molar-refractivity contribution in [3.63, 3.8) is 0 Å². The summed E-state index contributed by atoms with van der Waals surface area (Å²) >= 11 is 6.06. The van der Waals surface area contributed by atoms with Crippen LogP contribution in [-0.2, 0) is 13.8 Å². The van der Waals surface area contributed by atoms with Crippen molar-refractivity contribution in [1.82, 2.24) is 4.90 Å². The number of likely N-dealkylation sites (tertiary alicyclic amines) is 1. The van der Waals surface area contributed by atoms with Crippen LogP contribution in [0.3, 0.4) is 0 Å². The molecule has 34 heavy (non-hydrogen) atoms. The highest BCUT2D eigenvalue weighted by molar-refractivity contribution is 8.13. The zero-order valence-corrected chi connectivity index (χ0v) is 21.5. The van der Waals surface area contributed by atoms with Crippen LogP contribution >= 0.6 is 22.3 Å². The van der Waals surface area contributed by atoms with Gasteiger partial charge >= 0.3 is 6.09 Å². The van der Waals surface area contributed by atoms with Crippen LogP contribution in [0, 0.1) is 17.2 Å². The van der Waals surface area contributed by atoms with Gasteiger partial charge in [-0.15, -0.1) is 0 Å². The molecule has 2 atom stereocenters. The zero-order valence-electron chi connectivity index (χ0n) is 19.1. The van der Waals surface area contributed by atoms with Crippen molar-refractivity contribution in [2.24, 2.45) is 5.92 Å². The van der Waals surface area contributed by atoms with Gasteiger partial charge in [0, 0.05) is 34.7 Å². The number of hydrogen-bond acceptors (Lipinski definition) is 6. The molecule has 2 aromatic carbocycles. The van der Waals surface area contributed by atoms with Crippen molar-refractivity contribution in [3.05, 3.63) is 58.6 Å². The predicted molar refractivity (Wildman–Crippen MR) is 130 cm³/mol. The molecule has 10 heteroatoms. The molecule has 0 unspecified atom stereocenters. The van der Waals surface area contributed by atoms with E-state index in [0.717, 1.165) is 5.56 Å². The predicted octanol–water partition coefficient (Wildman–Crippen LogP) is 5.56. The summed E-state index contributed by atoms with van der Waals surface area (Å²) in [5, 5.41) is 10.1. The number of halogens is 2. The number of piperidine rings is 1. The number of amides is 1. The fourth-order valence-electron chi connectivity index (χ4n) is 3.91. The lowest BCUT2D eigenvalue weighted by Gasteiger charge is -2.39. The smallest absolute Gasteiger partial charge is 0.410 e. The summed E-state index contributed by atoms with van der Waals surface area (Å²) in [4.78, 5) is 14.2. The van der Waals surface area contributed by atoms with Crippen molar-refractivity contribution in [3.8, 4) is 11.8 Å². The molecule has 1 fully saturated rings. The molecule has 0 aromatic heterocycles. The maximum absolute atomic E-state index is 12.7. The zero-order chi connectivity index (χ0) is 25.1. The highest BCUT2D eigenvalue weighted by atomic mass is 35.7. The number of nitriles is 1. The van der Waals surface area contributed by atoms with Crippen LogP contribution in [-0.4, -0.2) is 44.7 Å². The second-order valence-electron chi connectivity index (χ2n) is 9.15. The molecule has 0 spiro atoms. The number of benzene rings is 2. The van der Waals surface area contributed by atoms with Gasteiger partial charge in [-0.05, 0) is 69.0 Å². The van der Waals surface area contributed by atoms with Gasteiger partial charge in [0.2, 0.25) is 0 Å². The van der Waals surface area contributed by atoms with Gasteiger partial charge in [-0.3, -0.25) is 0 Å². The van der Waals surface area contributed by atoms with Crippen molar-refractivity contribution in [1.29, 1.82) is 5.26 Å². The molecule has 0 saturated carbocycles. The molecule has 1 aliphatic rings. The third kappa shape index (κ3) is 6.78. The molecule has 3 rings (SSSR count). The quantitative estimate of drug-likeness (QED) is 0.475. The average molecular weight is 525 g/mol. The van der Waals surface area contributed by atoms with E-state index in [1.165, 1.54) is 18.2 Å². The van der Waals surface area contributed by atoms with Gasteiger partial charge in [0.05, 0.1) is 17.1 Å². The fraction of sp³-hybridized carbons (Fsp3) is 0.417. The summed E-state index contributed by atoms with van der Waals surface area (Å²) in [5.41, 5.74) is 0.526. The number of carbonyl (C=O) groups excluding carboxylic acids is 1. The summed E-state index contributed by atoms with van der Waals surface area (Å²) in [7, 11) is 1.42. The van der Waals surface area contributed by atoms with Crippen molar-refractivity contribution < 1.29 is 22.7 Å². The van der Waals surface area contributed by atoms with Gasteiger partial charge in [0.15, 0.2) is 0 Å². The molecule has 1 heterocycles. The monoisotopic (exact) mass is 524 g/mol. The Morgan fingerprint density at radius 1 is 1.21 bits per heavy atom. The Kier molecular flexibility index (Phi) is 8.02. The van der Waals surface area contributed by atoms with Crippen LogP contribution < -0.4 is 4.74 Å². The summed E-state index contributed by atoms with van der Waals surface area (Å²) in [6.45, 7) is 6.59. The first-order chi connectivity index (χ1) is 15.9. The van der Waals surface area contributed by atoms with Crippen LogP contribution in [0.4, 0.5) is 4.79 Å². The maximum atomic E-state index is 12.7. The van der Waals surface area contributed by atoms with Crippen molar-refractivity contribution in [2.45, 2.75) is 43.6 Å². The lowest BCUT2D eigenvalue weighted by molar-refractivity contribution is 0.0111. The van der Waals surface area contributed by atoms with Gasteiger partial charge < -0.3 is 14.4 Å². The third-order valence-corrected chi connectivity index (χ3v) is 7.09. The molecule has 0 N–H and O–H groups in total. The Morgan fingerprint density at radius 3 is 2.47 bits per heavy atom. The summed E-state index contributed by atoms with van der Waals surface area (Å²) in [6.07, 6.45) is 0.310. The number of hydrogen-bond donors (Lipinski definition) is 0. The summed E-state index contributed by atoms with van der Waals surface area (Å²) in [5.74, 6) is 0.227. The van der Waals surface area contributed by atoms with Gasteiger partial charge in [-0.2, -0.15) is 5.26 Å². The summed E-state index contributed by atoms with van der Waals surface area (Å²) < 4.78 is 34.7. The topological polar surface area (TPSA) is 96.7 Å². The second-order valence-corrected chi connectivity index (χ2v) is 12.2. The summed E-state index contributed by atoms with van der Waals surface area (Å²) in [6, 6.07) is 13.4. The number of nitrogens with zero attached hydrogens (tertiary/aromatic N) is 2. The van der Waals surface area contributed by atoms with E-state index in [-0.39, 0.29) is 40.7 Å². The SMILES string of the molecule is CC(C)(C)OC(=O)N1CC[C@H](c2ccc(Cl)cc2)[C@@H](COc2ccc(S(=O)(=O)Cl)cc2C#N)C1. The lowest BCUT2D eigenvalue weighted by atomic mass is 9.81. The van der Waals surface area contributed by atoms with E-state index in [1.54, 1.807) is 4.90 Å². The molecule has 2 aromatic rings. The molecular formula is C24H26Cl2N2O5S. The first-order valence-electron chi connectivity index (χ1n) is 10.7. The molecule has 7 nitrogen and oxygen atoms in total. The molecule has 1 amide bonds. The van der Waals surface area contributed by atoms with E-state index in [2.05, 4.69) is 0 Å². The van der Waals surface area contributed by atoms with E-state index in [1.807, 2.05) is 51.1 Å². The van der Waals surface area contributed by atoms with E-state index >= 15 is 0 Å². The van der Waals surface area contributed by atoms with Gasteiger partial charge in [-0.25, -0.2) is 13.2 Å². The Balaban J connectivity index is 1.83. The minimum Gasteiger partial charge on any atom is -0.492 e. The number of rotatable bonds is 5. The van der Waals surface area contributed by atoms with Crippen molar-refractivity contribution >= 4 is 37.4 Å². The van der Waals surface area contributed by atoms with Crippen LogP contribution in [0.5, 0.6) is 5.75 Å². The van der Waals surface area contributed by atoms with Crippen LogP contribution in [0.15, 0.2) is 47.4 Å². The molecule has 1 aliphatic heterocycles. The fourth-order valence-corrected chi connectivity index (χ4v) is 4.82. The lowest BCUT2D eigenvalue weighted by Crippen LogP contribution is -2.46. The third-order valence-electron chi connectivity index (χ3n) is 5.49. The van der Waals surface area contributed by atoms with E-state index < -0.39 is 14.7 Å². The Bertz CT molecular complexity index is 1190. The molecule has 0 aliphatic carbocycles. The molecule has 1 saturated heterocycles. The Morgan fingerprint density at radius 2 is 1.88 bits per heavy atom. The van der Waals surface area contributed by atoms with E-state index in [0.29, 0.717) is 24.5 Å². The molecule has 0 bridgehead atoms. The number of carbonyl (C=O) groups is 1. The highest BCUT2D eigenvalue weighted by Crippen LogP contribution is 2.35. The van der Waals surface area contributed by atoms with Gasteiger partial charge in [0.1, 0.15) is 17.4 Å². The van der Waals surface area contributed by atoms with E-state index in [4.69, 9.17) is 31.8 Å². The molecule has 182 valence electrons. The first kappa shape index (κ1) is 26.1. The maximum Gasteiger partial charge on any atom is 0.410 e. The average Bonchev–Trinajstić information content (AvgIpc) is 2.76. The molecule has 0 radical (unpaired) electrons. The second kappa shape index (κ2) is 10.4. The molecular weight excluding hydrogens is 499 g/mol. The Labute approximate surface area is 209 Å². The Hall–Kier alpha value is -2.47. The van der Waals surface area contributed by atoms with Gasteiger partial charge in [-0.1, -0.05) is 23.7 Å². The normalized spacial score (nSPS) is 18.8. The number of ether oxygens (including phenoxy) is 2.